The molecule has 1 heterocycles. The van der Waals surface area contributed by atoms with Crippen LogP contribution in [0.5, 0.6) is 0 Å². The van der Waals surface area contributed by atoms with Gasteiger partial charge in [0.2, 0.25) is 0 Å². The zero-order valence-corrected chi connectivity index (χ0v) is 9.81. The minimum absolute atomic E-state index is 0.186. The Morgan fingerprint density at radius 2 is 2.31 bits per heavy atom. The number of carbonyl (C=O) groups is 2. The summed E-state index contributed by atoms with van der Waals surface area (Å²) < 4.78 is 5.17. The number of hydrogen-bond donors (Lipinski definition) is 1. The minimum Gasteiger partial charge on any atom is -0.481 e. The van der Waals surface area contributed by atoms with Gasteiger partial charge in [0.15, 0.2) is 0 Å². The van der Waals surface area contributed by atoms with Crippen molar-refractivity contribution in [3.8, 4) is 0 Å². The van der Waals surface area contributed by atoms with E-state index in [1.807, 2.05) is 0 Å². The van der Waals surface area contributed by atoms with Gasteiger partial charge in [-0.3, -0.25) is 9.59 Å². The molecule has 1 aliphatic rings. The number of amides is 1. The maximum atomic E-state index is 11.8. The fourth-order valence-corrected chi connectivity index (χ4v) is 1.63. The van der Waals surface area contributed by atoms with Gasteiger partial charge in [0, 0.05) is 13.1 Å². The summed E-state index contributed by atoms with van der Waals surface area (Å²) in [5, 5.41) is 8.64. The Labute approximate surface area is 95.4 Å². The third-order valence-corrected chi connectivity index (χ3v) is 2.60. The quantitative estimate of drug-likeness (QED) is 0.755. The molecule has 0 saturated carbocycles. The first-order valence-electron chi connectivity index (χ1n) is 5.63. The number of aliphatic carboxylic acids is 1. The van der Waals surface area contributed by atoms with Crippen molar-refractivity contribution in [1.29, 1.82) is 0 Å². The Kier molecular flexibility index (Phi) is 4.73. The summed E-state index contributed by atoms with van der Waals surface area (Å²) >= 11 is 0. The number of carboxylic acids is 1. The number of carboxylic acid groups (broad SMARTS) is 1. The summed E-state index contributed by atoms with van der Waals surface area (Å²) in [5.41, 5.74) is 0. The SMILES string of the molecule is CC(C)CCN1CCOC(CC(=O)O)C1=O. The van der Waals surface area contributed by atoms with Crippen molar-refractivity contribution in [2.75, 3.05) is 19.7 Å². The van der Waals surface area contributed by atoms with Gasteiger partial charge in [-0.2, -0.15) is 0 Å². The number of carbonyl (C=O) groups excluding carboxylic acids is 1. The Balaban J connectivity index is 2.47. The van der Waals surface area contributed by atoms with Crippen LogP contribution in [0.3, 0.4) is 0 Å². The van der Waals surface area contributed by atoms with Crippen molar-refractivity contribution in [3.63, 3.8) is 0 Å². The lowest BCUT2D eigenvalue weighted by Gasteiger charge is -2.32. The van der Waals surface area contributed by atoms with Crippen molar-refractivity contribution in [2.45, 2.75) is 32.8 Å². The number of rotatable bonds is 5. The normalized spacial score (nSPS) is 21.6. The number of ether oxygens (including phenoxy) is 1. The Morgan fingerprint density at radius 1 is 1.62 bits per heavy atom. The molecule has 1 aliphatic heterocycles. The Morgan fingerprint density at radius 3 is 2.88 bits per heavy atom. The first kappa shape index (κ1) is 13.0. The van der Waals surface area contributed by atoms with Crippen LogP contribution >= 0.6 is 0 Å². The molecule has 1 rings (SSSR count). The van der Waals surface area contributed by atoms with Crippen LogP contribution in [0.1, 0.15) is 26.7 Å². The lowest BCUT2D eigenvalue weighted by Crippen LogP contribution is -2.48. The van der Waals surface area contributed by atoms with E-state index in [2.05, 4.69) is 13.8 Å². The average Bonchev–Trinajstić information content (AvgIpc) is 2.18. The molecule has 1 N–H and O–H groups in total. The number of nitrogens with zero attached hydrogens (tertiary/aromatic N) is 1. The smallest absolute Gasteiger partial charge is 0.306 e. The molecule has 1 fully saturated rings. The molecule has 5 nitrogen and oxygen atoms in total. The van der Waals surface area contributed by atoms with Crippen molar-refractivity contribution in [2.24, 2.45) is 5.92 Å². The molecule has 16 heavy (non-hydrogen) atoms. The van der Waals surface area contributed by atoms with Gasteiger partial charge in [-0.1, -0.05) is 13.8 Å². The maximum absolute atomic E-state index is 11.8. The fraction of sp³-hybridized carbons (Fsp3) is 0.818. The Bertz CT molecular complexity index is 265. The summed E-state index contributed by atoms with van der Waals surface area (Å²) in [4.78, 5) is 24.1. The highest BCUT2D eigenvalue weighted by Gasteiger charge is 2.30. The van der Waals surface area contributed by atoms with Gasteiger partial charge in [0.25, 0.3) is 5.91 Å². The van der Waals surface area contributed by atoms with Crippen LogP contribution in [0.25, 0.3) is 0 Å². The van der Waals surface area contributed by atoms with Crippen LogP contribution in [0.4, 0.5) is 0 Å². The summed E-state index contributed by atoms with van der Waals surface area (Å²) in [5.74, 6) is -0.646. The molecule has 0 aromatic heterocycles. The standard InChI is InChI=1S/C11H19NO4/c1-8(2)3-4-12-5-6-16-9(11(12)15)7-10(13)14/h8-9H,3-7H2,1-2H3,(H,13,14). The zero-order valence-electron chi connectivity index (χ0n) is 9.81. The summed E-state index contributed by atoms with van der Waals surface area (Å²) in [7, 11) is 0. The van der Waals surface area contributed by atoms with Gasteiger partial charge >= 0.3 is 5.97 Å². The molecule has 0 radical (unpaired) electrons. The van der Waals surface area contributed by atoms with Crippen LogP contribution in [0.15, 0.2) is 0 Å². The summed E-state index contributed by atoms with van der Waals surface area (Å²) in [6.07, 6.45) is -0.0962. The molecule has 0 spiro atoms. The van der Waals surface area contributed by atoms with E-state index in [1.54, 1.807) is 4.90 Å². The van der Waals surface area contributed by atoms with E-state index in [4.69, 9.17) is 9.84 Å². The van der Waals surface area contributed by atoms with E-state index in [0.29, 0.717) is 25.6 Å². The van der Waals surface area contributed by atoms with Crippen LogP contribution in [0.2, 0.25) is 0 Å². The zero-order chi connectivity index (χ0) is 12.1. The first-order chi connectivity index (χ1) is 7.50. The molecule has 5 heteroatoms. The number of hydrogen-bond acceptors (Lipinski definition) is 3. The molecule has 0 aromatic carbocycles. The topological polar surface area (TPSA) is 66.8 Å². The average molecular weight is 229 g/mol. The van der Waals surface area contributed by atoms with E-state index in [1.165, 1.54) is 0 Å². The van der Waals surface area contributed by atoms with E-state index in [0.717, 1.165) is 6.42 Å². The fourth-order valence-electron chi connectivity index (χ4n) is 1.63. The summed E-state index contributed by atoms with van der Waals surface area (Å²) in [6, 6.07) is 0. The molecular formula is C11H19NO4. The van der Waals surface area contributed by atoms with Gasteiger partial charge in [0.05, 0.1) is 13.0 Å². The summed E-state index contributed by atoms with van der Waals surface area (Å²) in [6.45, 7) is 5.89. The monoisotopic (exact) mass is 229 g/mol. The van der Waals surface area contributed by atoms with Crippen LogP contribution in [-0.2, 0) is 14.3 Å². The second-order valence-corrected chi connectivity index (χ2v) is 4.47. The highest BCUT2D eigenvalue weighted by Crippen LogP contribution is 2.12. The lowest BCUT2D eigenvalue weighted by molar-refractivity contribution is -0.159. The van der Waals surface area contributed by atoms with Gasteiger partial charge in [0.1, 0.15) is 6.10 Å². The van der Waals surface area contributed by atoms with E-state index >= 15 is 0 Å². The predicted octanol–water partition coefficient (Wildman–Crippen LogP) is 0.735. The van der Waals surface area contributed by atoms with E-state index < -0.39 is 12.1 Å². The molecule has 1 saturated heterocycles. The molecule has 1 atom stereocenters. The van der Waals surface area contributed by atoms with Gasteiger partial charge < -0.3 is 14.7 Å². The second-order valence-electron chi connectivity index (χ2n) is 4.47. The highest BCUT2D eigenvalue weighted by molar-refractivity contribution is 5.85. The molecule has 92 valence electrons. The molecule has 0 aliphatic carbocycles. The maximum Gasteiger partial charge on any atom is 0.306 e. The third kappa shape index (κ3) is 3.81. The van der Waals surface area contributed by atoms with Crippen LogP contribution in [0, 0.1) is 5.92 Å². The first-order valence-corrected chi connectivity index (χ1v) is 5.63. The van der Waals surface area contributed by atoms with Crippen LogP contribution < -0.4 is 0 Å². The number of morpholine rings is 1. The second kappa shape index (κ2) is 5.84. The third-order valence-electron chi connectivity index (χ3n) is 2.60. The van der Waals surface area contributed by atoms with Crippen molar-refractivity contribution >= 4 is 11.9 Å². The van der Waals surface area contributed by atoms with E-state index in [9.17, 15) is 9.59 Å². The molecule has 0 aromatic rings. The van der Waals surface area contributed by atoms with E-state index in [-0.39, 0.29) is 12.3 Å². The van der Waals surface area contributed by atoms with Gasteiger partial charge in [-0.15, -0.1) is 0 Å². The Hall–Kier alpha value is -1.10. The van der Waals surface area contributed by atoms with Gasteiger partial charge in [-0.25, -0.2) is 0 Å². The van der Waals surface area contributed by atoms with Crippen molar-refractivity contribution in [1.82, 2.24) is 4.90 Å². The van der Waals surface area contributed by atoms with Crippen molar-refractivity contribution in [3.05, 3.63) is 0 Å². The molecule has 1 amide bonds. The molecule has 1 unspecified atom stereocenters. The largest absolute Gasteiger partial charge is 0.481 e. The van der Waals surface area contributed by atoms with Crippen LogP contribution in [-0.4, -0.2) is 47.7 Å². The van der Waals surface area contributed by atoms with Gasteiger partial charge in [-0.05, 0) is 12.3 Å². The van der Waals surface area contributed by atoms with Crippen molar-refractivity contribution < 1.29 is 19.4 Å². The highest BCUT2D eigenvalue weighted by atomic mass is 16.5. The minimum atomic E-state index is -0.996. The molecular weight excluding hydrogens is 210 g/mol. The molecule has 0 bridgehead atoms. The predicted molar refractivity (Wildman–Crippen MR) is 58.0 cm³/mol. The lowest BCUT2D eigenvalue weighted by atomic mass is 10.1.